The van der Waals surface area contributed by atoms with Gasteiger partial charge in [-0.1, -0.05) is 6.92 Å². The van der Waals surface area contributed by atoms with Crippen LogP contribution in [0.5, 0.6) is 0 Å². The zero-order valence-corrected chi connectivity index (χ0v) is 11.8. The molecule has 1 aliphatic rings. The number of likely N-dealkylation sites (N-methyl/N-ethyl adjacent to an activating group) is 1. The minimum absolute atomic E-state index is 0.00155. The van der Waals surface area contributed by atoms with Crippen LogP contribution in [0.15, 0.2) is 12.3 Å². The number of β-amino-alcohol motifs (C(OH)–C–C–N with tert-alkyl or cyclic N) is 1. The summed E-state index contributed by atoms with van der Waals surface area (Å²) in [6.45, 7) is 3.81. The van der Waals surface area contributed by atoms with E-state index in [-0.39, 0.29) is 11.9 Å². The van der Waals surface area contributed by atoms with E-state index in [4.69, 9.17) is 0 Å². The molecule has 1 aromatic rings. The lowest BCUT2D eigenvalue weighted by molar-refractivity contribution is 0.0757. The van der Waals surface area contributed by atoms with Gasteiger partial charge < -0.3 is 14.9 Å². The molecule has 0 spiro atoms. The maximum atomic E-state index is 12.3. The second-order valence-electron chi connectivity index (χ2n) is 5.27. The minimum Gasteiger partial charge on any atom is -0.390 e. The van der Waals surface area contributed by atoms with Gasteiger partial charge in [-0.2, -0.15) is 5.10 Å². The van der Waals surface area contributed by atoms with Crippen molar-refractivity contribution in [3.05, 3.63) is 18.0 Å². The number of amides is 1. The average molecular weight is 266 g/mol. The second kappa shape index (κ2) is 5.71. The van der Waals surface area contributed by atoms with Gasteiger partial charge >= 0.3 is 0 Å². The van der Waals surface area contributed by atoms with Crippen LogP contribution in [-0.2, 0) is 6.54 Å². The third-order valence-electron chi connectivity index (χ3n) is 3.52. The van der Waals surface area contributed by atoms with Crippen molar-refractivity contribution >= 4 is 5.91 Å². The van der Waals surface area contributed by atoms with E-state index >= 15 is 0 Å². The SMILES string of the molecule is CCCn1ccc(C(=O)N2C[C@@H](O)[C@H](N(C)C)C2)n1. The summed E-state index contributed by atoms with van der Waals surface area (Å²) in [5, 5.41) is 14.2. The Bertz CT molecular complexity index is 444. The van der Waals surface area contributed by atoms with E-state index in [1.807, 2.05) is 25.2 Å². The van der Waals surface area contributed by atoms with E-state index in [9.17, 15) is 9.90 Å². The van der Waals surface area contributed by atoms with Crippen LogP contribution in [0.25, 0.3) is 0 Å². The monoisotopic (exact) mass is 266 g/mol. The van der Waals surface area contributed by atoms with E-state index in [1.54, 1.807) is 15.6 Å². The topological polar surface area (TPSA) is 61.6 Å². The van der Waals surface area contributed by atoms with Crippen molar-refractivity contribution in [3.8, 4) is 0 Å². The van der Waals surface area contributed by atoms with Crippen LogP contribution in [0.1, 0.15) is 23.8 Å². The van der Waals surface area contributed by atoms with Crippen molar-refractivity contribution in [2.75, 3.05) is 27.2 Å². The molecule has 0 saturated carbocycles. The highest BCUT2D eigenvalue weighted by Crippen LogP contribution is 2.16. The highest BCUT2D eigenvalue weighted by Gasteiger charge is 2.36. The number of carbonyl (C=O) groups is 1. The molecule has 0 unspecified atom stereocenters. The van der Waals surface area contributed by atoms with Crippen LogP contribution in [0.2, 0.25) is 0 Å². The summed E-state index contributed by atoms with van der Waals surface area (Å²) in [4.78, 5) is 15.9. The molecule has 106 valence electrons. The Balaban J connectivity index is 2.04. The normalized spacial score (nSPS) is 23.3. The summed E-state index contributed by atoms with van der Waals surface area (Å²) in [6.07, 6.45) is 2.32. The van der Waals surface area contributed by atoms with Crippen LogP contribution in [0, 0.1) is 0 Å². The number of likely N-dealkylation sites (tertiary alicyclic amines) is 1. The van der Waals surface area contributed by atoms with E-state index in [1.165, 1.54) is 0 Å². The van der Waals surface area contributed by atoms with Crippen LogP contribution in [0.3, 0.4) is 0 Å². The highest BCUT2D eigenvalue weighted by molar-refractivity contribution is 5.92. The van der Waals surface area contributed by atoms with Crippen molar-refractivity contribution < 1.29 is 9.90 Å². The van der Waals surface area contributed by atoms with E-state index in [0.717, 1.165) is 13.0 Å². The summed E-state index contributed by atoms with van der Waals surface area (Å²) in [6, 6.07) is 1.74. The zero-order chi connectivity index (χ0) is 14.0. The molecule has 0 radical (unpaired) electrons. The molecule has 1 saturated heterocycles. The number of aliphatic hydroxyl groups excluding tert-OH is 1. The fraction of sp³-hybridized carbons (Fsp3) is 0.692. The van der Waals surface area contributed by atoms with Crippen molar-refractivity contribution in [3.63, 3.8) is 0 Å². The third-order valence-corrected chi connectivity index (χ3v) is 3.52. The number of aliphatic hydroxyl groups is 1. The van der Waals surface area contributed by atoms with Gasteiger partial charge in [0.2, 0.25) is 0 Å². The Kier molecular flexibility index (Phi) is 4.21. The minimum atomic E-state index is -0.489. The lowest BCUT2D eigenvalue weighted by Gasteiger charge is -2.21. The second-order valence-corrected chi connectivity index (χ2v) is 5.27. The molecule has 1 aromatic heterocycles. The molecule has 19 heavy (non-hydrogen) atoms. The van der Waals surface area contributed by atoms with Gasteiger partial charge in [-0.3, -0.25) is 9.48 Å². The standard InChI is InChI=1S/C13H22N4O2/c1-4-6-17-7-5-10(14-17)13(19)16-8-11(15(2)3)12(18)9-16/h5,7,11-12,18H,4,6,8-9H2,1-3H3/t11-,12-/m1/s1. The summed E-state index contributed by atoms with van der Waals surface area (Å²) >= 11 is 0. The molecule has 1 fully saturated rings. The van der Waals surface area contributed by atoms with Crippen LogP contribution in [-0.4, -0.2) is 69.9 Å². The lowest BCUT2D eigenvalue weighted by Crippen LogP contribution is -2.38. The molecule has 1 amide bonds. The first-order chi connectivity index (χ1) is 9.02. The number of aromatic nitrogens is 2. The summed E-state index contributed by atoms with van der Waals surface area (Å²) in [5.74, 6) is -0.0988. The van der Waals surface area contributed by atoms with Crippen LogP contribution >= 0.6 is 0 Å². The number of nitrogens with zero attached hydrogens (tertiary/aromatic N) is 4. The average Bonchev–Trinajstić information content (AvgIpc) is 2.95. The van der Waals surface area contributed by atoms with Gasteiger partial charge in [0.15, 0.2) is 0 Å². The number of hydrogen-bond donors (Lipinski definition) is 1. The molecule has 1 N–H and O–H groups in total. The zero-order valence-electron chi connectivity index (χ0n) is 11.8. The predicted octanol–water partition coefficient (Wildman–Crippen LogP) is 0.0400. The first-order valence-corrected chi connectivity index (χ1v) is 6.70. The third kappa shape index (κ3) is 2.96. The molecule has 6 nitrogen and oxygen atoms in total. The first-order valence-electron chi connectivity index (χ1n) is 6.70. The molecule has 0 bridgehead atoms. The molecule has 0 aromatic carbocycles. The predicted molar refractivity (Wildman–Crippen MR) is 71.9 cm³/mol. The molecular weight excluding hydrogens is 244 g/mol. The van der Waals surface area contributed by atoms with Crippen molar-refractivity contribution in [1.82, 2.24) is 19.6 Å². The van der Waals surface area contributed by atoms with Gasteiger partial charge in [-0.05, 0) is 26.6 Å². The van der Waals surface area contributed by atoms with Crippen molar-refractivity contribution in [2.24, 2.45) is 0 Å². The first kappa shape index (κ1) is 14.0. The summed E-state index contributed by atoms with van der Waals surface area (Å²) in [7, 11) is 3.83. The highest BCUT2D eigenvalue weighted by atomic mass is 16.3. The Morgan fingerprint density at radius 1 is 1.53 bits per heavy atom. The van der Waals surface area contributed by atoms with E-state index < -0.39 is 6.10 Å². The van der Waals surface area contributed by atoms with Crippen molar-refractivity contribution in [1.29, 1.82) is 0 Å². The number of rotatable bonds is 4. The maximum Gasteiger partial charge on any atom is 0.274 e. The van der Waals surface area contributed by atoms with E-state index in [2.05, 4.69) is 12.0 Å². The Morgan fingerprint density at radius 2 is 2.26 bits per heavy atom. The van der Waals surface area contributed by atoms with Gasteiger partial charge in [-0.15, -0.1) is 0 Å². The smallest absolute Gasteiger partial charge is 0.274 e. The molecule has 6 heteroatoms. The Morgan fingerprint density at radius 3 is 2.84 bits per heavy atom. The molecular formula is C13H22N4O2. The summed E-state index contributed by atoms with van der Waals surface area (Å²) in [5.41, 5.74) is 0.458. The molecule has 1 aliphatic heterocycles. The largest absolute Gasteiger partial charge is 0.390 e. The number of hydrogen-bond acceptors (Lipinski definition) is 4. The van der Waals surface area contributed by atoms with Crippen molar-refractivity contribution in [2.45, 2.75) is 32.0 Å². The fourth-order valence-corrected chi connectivity index (χ4v) is 2.43. The molecule has 2 atom stereocenters. The molecule has 0 aliphatic carbocycles. The maximum absolute atomic E-state index is 12.3. The molecule has 2 rings (SSSR count). The van der Waals surface area contributed by atoms with Gasteiger partial charge in [0.05, 0.1) is 12.1 Å². The van der Waals surface area contributed by atoms with Gasteiger partial charge in [0.1, 0.15) is 5.69 Å². The fourth-order valence-electron chi connectivity index (χ4n) is 2.43. The van der Waals surface area contributed by atoms with Gasteiger partial charge in [-0.25, -0.2) is 0 Å². The Hall–Kier alpha value is -1.40. The number of aryl methyl sites for hydroxylation is 1. The van der Waals surface area contributed by atoms with E-state index in [0.29, 0.717) is 18.8 Å². The van der Waals surface area contributed by atoms with Gasteiger partial charge in [0, 0.05) is 25.8 Å². The molecule has 2 heterocycles. The lowest BCUT2D eigenvalue weighted by atomic mass is 10.2. The quantitative estimate of drug-likeness (QED) is 0.836. The summed E-state index contributed by atoms with van der Waals surface area (Å²) < 4.78 is 1.78. The van der Waals surface area contributed by atoms with Gasteiger partial charge in [0.25, 0.3) is 5.91 Å². The number of carbonyl (C=O) groups excluding carboxylic acids is 1. The Labute approximate surface area is 113 Å². The van der Waals surface area contributed by atoms with Crippen LogP contribution < -0.4 is 0 Å². The van der Waals surface area contributed by atoms with Crippen LogP contribution in [0.4, 0.5) is 0 Å².